The van der Waals surface area contributed by atoms with Gasteiger partial charge in [0, 0.05) is 25.7 Å². The van der Waals surface area contributed by atoms with Crippen LogP contribution in [0.1, 0.15) is 46.5 Å². The van der Waals surface area contributed by atoms with Crippen LogP contribution in [0.25, 0.3) is 0 Å². The number of nitrogens with two attached hydrogens (primary N) is 1. The zero-order valence-electron chi connectivity index (χ0n) is 12.0. The number of likely N-dealkylation sites (N-methyl/N-ethyl adjacent to an activating group) is 1. The van der Waals surface area contributed by atoms with E-state index in [1.54, 1.807) is 0 Å². The fourth-order valence-corrected chi connectivity index (χ4v) is 2.55. The molecule has 0 aromatic carbocycles. The van der Waals surface area contributed by atoms with E-state index in [0.29, 0.717) is 17.6 Å². The van der Waals surface area contributed by atoms with Gasteiger partial charge in [-0.25, -0.2) is 0 Å². The Bertz CT molecular complexity index is 207. The van der Waals surface area contributed by atoms with Gasteiger partial charge in [0.05, 0.1) is 6.10 Å². The number of hydrogen-bond donors (Lipinski definition) is 1. The summed E-state index contributed by atoms with van der Waals surface area (Å²) in [7, 11) is 2.18. The van der Waals surface area contributed by atoms with E-state index < -0.39 is 0 Å². The van der Waals surface area contributed by atoms with Gasteiger partial charge < -0.3 is 10.5 Å². The Morgan fingerprint density at radius 3 is 2.53 bits per heavy atom. The van der Waals surface area contributed by atoms with Crippen molar-refractivity contribution < 1.29 is 4.74 Å². The maximum atomic E-state index is 5.90. The predicted molar refractivity (Wildman–Crippen MR) is 73.1 cm³/mol. The van der Waals surface area contributed by atoms with Gasteiger partial charge in [-0.1, -0.05) is 20.8 Å². The van der Waals surface area contributed by atoms with Gasteiger partial charge in [-0.2, -0.15) is 0 Å². The van der Waals surface area contributed by atoms with Crippen LogP contribution in [0.4, 0.5) is 0 Å². The van der Waals surface area contributed by atoms with Crippen LogP contribution in [0.15, 0.2) is 0 Å². The molecule has 3 heteroatoms. The zero-order chi connectivity index (χ0) is 12.9. The first kappa shape index (κ1) is 14.9. The summed E-state index contributed by atoms with van der Waals surface area (Å²) in [5.41, 5.74) is 6.24. The second kappa shape index (κ2) is 6.72. The molecule has 1 fully saturated rings. The van der Waals surface area contributed by atoms with E-state index in [1.807, 2.05) is 0 Å². The third kappa shape index (κ3) is 5.84. The lowest BCUT2D eigenvalue weighted by Crippen LogP contribution is -2.45. The van der Waals surface area contributed by atoms with Crippen LogP contribution < -0.4 is 5.73 Å². The van der Waals surface area contributed by atoms with Crippen LogP contribution in [0, 0.1) is 5.41 Å². The molecule has 0 aromatic rings. The van der Waals surface area contributed by atoms with E-state index in [4.69, 9.17) is 10.5 Å². The topological polar surface area (TPSA) is 38.5 Å². The van der Waals surface area contributed by atoms with Crippen molar-refractivity contribution in [2.75, 3.05) is 26.7 Å². The van der Waals surface area contributed by atoms with Crippen molar-refractivity contribution in [2.45, 2.75) is 58.6 Å². The molecule has 2 atom stereocenters. The highest BCUT2D eigenvalue weighted by Crippen LogP contribution is 2.23. The minimum Gasteiger partial charge on any atom is -0.377 e. The third-order valence-corrected chi connectivity index (χ3v) is 3.51. The largest absolute Gasteiger partial charge is 0.377 e. The molecule has 2 N–H and O–H groups in total. The summed E-state index contributed by atoms with van der Waals surface area (Å²) < 4.78 is 5.79. The minimum absolute atomic E-state index is 0.339. The molecule has 17 heavy (non-hydrogen) atoms. The van der Waals surface area contributed by atoms with Crippen molar-refractivity contribution in [3.8, 4) is 0 Å². The molecule has 0 bridgehead atoms. The zero-order valence-corrected chi connectivity index (χ0v) is 12.0. The quantitative estimate of drug-likeness (QED) is 0.803. The molecule has 102 valence electrons. The normalized spacial score (nSPS) is 24.0. The van der Waals surface area contributed by atoms with Crippen molar-refractivity contribution in [1.29, 1.82) is 0 Å². The number of rotatable bonds is 5. The highest BCUT2D eigenvalue weighted by molar-refractivity contribution is 4.79. The Labute approximate surface area is 107 Å². The van der Waals surface area contributed by atoms with Gasteiger partial charge in [0.2, 0.25) is 0 Å². The molecule has 1 aliphatic heterocycles. The number of ether oxygens (including phenoxy) is 1. The average molecular weight is 242 g/mol. The number of nitrogens with zero attached hydrogens (tertiary/aromatic N) is 1. The lowest BCUT2D eigenvalue weighted by atomic mass is 9.87. The van der Waals surface area contributed by atoms with Crippen LogP contribution in [0.3, 0.4) is 0 Å². The summed E-state index contributed by atoms with van der Waals surface area (Å²) in [6, 6.07) is 0.473. The predicted octanol–water partition coefficient (Wildman–Crippen LogP) is 2.25. The molecule has 0 aromatic heterocycles. The molecular formula is C14H30N2O. The Hall–Kier alpha value is -0.120. The van der Waals surface area contributed by atoms with Gasteiger partial charge in [0.1, 0.15) is 0 Å². The van der Waals surface area contributed by atoms with Crippen molar-refractivity contribution in [1.82, 2.24) is 4.90 Å². The van der Waals surface area contributed by atoms with Crippen molar-refractivity contribution >= 4 is 0 Å². The van der Waals surface area contributed by atoms with Crippen LogP contribution >= 0.6 is 0 Å². The van der Waals surface area contributed by atoms with E-state index >= 15 is 0 Å². The van der Waals surface area contributed by atoms with Crippen LogP contribution in [0.2, 0.25) is 0 Å². The van der Waals surface area contributed by atoms with E-state index in [1.165, 1.54) is 19.3 Å². The standard InChI is InChI=1S/C14H30N2O/c1-14(2,3)9-12(10-15)16(4)11-13-7-5-6-8-17-13/h12-13H,5-11,15H2,1-4H3. The van der Waals surface area contributed by atoms with Gasteiger partial charge >= 0.3 is 0 Å². The molecule has 1 aliphatic rings. The highest BCUT2D eigenvalue weighted by Gasteiger charge is 2.24. The highest BCUT2D eigenvalue weighted by atomic mass is 16.5. The van der Waals surface area contributed by atoms with E-state index in [0.717, 1.165) is 26.1 Å². The summed E-state index contributed by atoms with van der Waals surface area (Å²) in [6.45, 7) is 9.53. The maximum absolute atomic E-state index is 5.90. The molecule has 1 rings (SSSR count). The SMILES string of the molecule is CN(CC1CCCCO1)C(CN)CC(C)(C)C. The Morgan fingerprint density at radius 1 is 1.35 bits per heavy atom. The molecule has 0 amide bonds. The molecular weight excluding hydrogens is 212 g/mol. The Balaban J connectivity index is 2.39. The second-order valence-electron chi connectivity index (χ2n) is 6.58. The fraction of sp³-hybridized carbons (Fsp3) is 1.00. The first-order valence-electron chi connectivity index (χ1n) is 6.94. The van der Waals surface area contributed by atoms with Crippen LogP contribution in [-0.2, 0) is 4.74 Å². The third-order valence-electron chi connectivity index (χ3n) is 3.51. The van der Waals surface area contributed by atoms with Crippen LogP contribution in [-0.4, -0.2) is 43.8 Å². The van der Waals surface area contributed by atoms with Gasteiger partial charge in [-0.15, -0.1) is 0 Å². The van der Waals surface area contributed by atoms with E-state index in [-0.39, 0.29) is 0 Å². The Morgan fingerprint density at radius 2 is 2.06 bits per heavy atom. The van der Waals surface area contributed by atoms with Crippen molar-refractivity contribution in [3.05, 3.63) is 0 Å². The van der Waals surface area contributed by atoms with Gasteiger partial charge in [-0.3, -0.25) is 4.90 Å². The summed E-state index contributed by atoms with van der Waals surface area (Å²) >= 11 is 0. The monoisotopic (exact) mass is 242 g/mol. The number of hydrogen-bond acceptors (Lipinski definition) is 3. The Kier molecular flexibility index (Phi) is 5.90. The van der Waals surface area contributed by atoms with Crippen molar-refractivity contribution in [2.24, 2.45) is 11.1 Å². The molecule has 1 heterocycles. The maximum Gasteiger partial charge on any atom is 0.0702 e. The first-order chi connectivity index (χ1) is 7.92. The molecule has 1 saturated heterocycles. The summed E-state index contributed by atoms with van der Waals surface area (Å²) in [5, 5.41) is 0. The first-order valence-corrected chi connectivity index (χ1v) is 6.94. The van der Waals surface area contributed by atoms with Crippen molar-refractivity contribution in [3.63, 3.8) is 0 Å². The summed E-state index contributed by atoms with van der Waals surface area (Å²) in [4.78, 5) is 2.39. The van der Waals surface area contributed by atoms with Gasteiger partial charge in [-0.05, 0) is 38.1 Å². The molecule has 3 nitrogen and oxygen atoms in total. The summed E-state index contributed by atoms with van der Waals surface area (Å²) in [6.07, 6.45) is 5.31. The van der Waals surface area contributed by atoms with Crippen LogP contribution in [0.5, 0.6) is 0 Å². The van der Waals surface area contributed by atoms with E-state index in [9.17, 15) is 0 Å². The average Bonchev–Trinajstić information content (AvgIpc) is 2.26. The van der Waals surface area contributed by atoms with E-state index in [2.05, 4.69) is 32.7 Å². The fourth-order valence-electron chi connectivity index (χ4n) is 2.55. The smallest absolute Gasteiger partial charge is 0.0702 e. The van der Waals surface area contributed by atoms with Gasteiger partial charge in [0.25, 0.3) is 0 Å². The molecule has 2 unspecified atom stereocenters. The van der Waals surface area contributed by atoms with Gasteiger partial charge in [0.15, 0.2) is 0 Å². The second-order valence-corrected chi connectivity index (χ2v) is 6.58. The molecule has 0 saturated carbocycles. The lowest BCUT2D eigenvalue weighted by molar-refractivity contribution is -0.0103. The molecule has 0 aliphatic carbocycles. The molecule has 0 radical (unpaired) electrons. The summed E-state index contributed by atoms with van der Waals surface area (Å²) in [5.74, 6) is 0. The minimum atomic E-state index is 0.339. The lowest BCUT2D eigenvalue weighted by Gasteiger charge is -2.35. The molecule has 0 spiro atoms.